The highest BCUT2D eigenvalue weighted by Gasteiger charge is 2.15. The van der Waals surface area contributed by atoms with Crippen molar-refractivity contribution in [2.24, 2.45) is 0 Å². The molecule has 0 saturated carbocycles. The van der Waals surface area contributed by atoms with Gasteiger partial charge in [0.25, 0.3) is 11.8 Å². The summed E-state index contributed by atoms with van der Waals surface area (Å²) in [6.07, 6.45) is 1.65. The third kappa shape index (κ3) is 8.31. The summed E-state index contributed by atoms with van der Waals surface area (Å²) in [4.78, 5) is 39.9. The number of thiophene rings is 1. The molecule has 0 bridgehead atoms. The lowest BCUT2D eigenvalue weighted by Crippen LogP contribution is -2.30. The standard InChI is InChI=1S/C28H22IN3O3S2/c29-20-11-13-21(14-12-20)30-26(33)18-37-23-9-4-8-22(16-23)31-28(35)25(17-24-10-5-15-36-24)32-27(34)19-6-2-1-3-7-19/h1-17H,18H2,(H,30,33)(H,31,35)(H,32,34)/b25-17-. The van der Waals surface area contributed by atoms with Gasteiger partial charge in [-0.3, -0.25) is 14.4 Å². The fraction of sp³-hybridized carbons (Fsp3) is 0.0357. The van der Waals surface area contributed by atoms with Gasteiger partial charge in [0.15, 0.2) is 0 Å². The highest BCUT2D eigenvalue weighted by molar-refractivity contribution is 14.1. The van der Waals surface area contributed by atoms with Crippen molar-refractivity contribution in [2.45, 2.75) is 4.90 Å². The average Bonchev–Trinajstić information content (AvgIpc) is 3.42. The van der Waals surface area contributed by atoms with Gasteiger partial charge in [-0.25, -0.2) is 0 Å². The van der Waals surface area contributed by atoms with E-state index in [1.807, 2.05) is 53.9 Å². The monoisotopic (exact) mass is 639 g/mol. The van der Waals surface area contributed by atoms with Crippen molar-refractivity contribution >= 4 is 80.9 Å². The number of carbonyl (C=O) groups excluding carboxylic acids is 3. The second kappa shape index (κ2) is 13.2. The highest BCUT2D eigenvalue weighted by Crippen LogP contribution is 2.23. The Kier molecular flexibility index (Phi) is 9.52. The number of thioether (sulfide) groups is 1. The number of hydrogen-bond acceptors (Lipinski definition) is 5. The Morgan fingerprint density at radius 2 is 1.62 bits per heavy atom. The van der Waals surface area contributed by atoms with Gasteiger partial charge in [-0.1, -0.05) is 30.3 Å². The molecule has 37 heavy (non-hydrogen) atoms. The first kappa shape index (κ1) is 26.6. The smallest absolute Gasteiger partial charge is 0.272 e. The Morgan fingerprint density at radius 1 is 0.838 bits per heavy atom. The number of hydrogen-bond donors (Lipinski definition) is 3. The molecule has 3 amide bonds. The van der Waals surface area contributed by atoms with Crippen LogP contribution in [0.15, 0.2) is 107 Å². The van der Waals surface area contributed by atoms with Crippen LogP contribution in [-0.2, 0) is 9.59 Å². The van der Waals surface area contributed by atoms with Gasteiger partial charge < -0.3 is 16.0 Å². The molecule has 0 aliphatic heterocycles. The Balaban J connectivity index is 1.40. The van der Waals surface area contributed by atoms with Crippen molar-refractivity contribution in [3.8, 4) is 0 Å². The van der Waals surface area contributed by atoms with Gasteiger partial charge in [0.05, 0.1) is 5.75 Å². The maximum Gasteiger partial charge on any atom is 0.272 e. The van der Waals surface area contributed by atoms with E-state index in [2.05, 4.69) is 38.5 Å². The van der Waals surface area contributed by atoms with Crippen LogP contribution in [0.5, 0.6) is 0 Å². The second-order valence-electron chi connectivity index (χ2n) is 7.72. The molecule has 0 saturated heterocycles. The molecule has 0 spiro atoms. The summed E-state index contributed by atoms with van der Waals surface area (Å²) in [6, 6.07) is 27.3. The number of nitrogens with one attached hydrogen (secondary N) is 3. The second-order valence-corrected chi connectivity index (χ2v) is 11.0. The molecule has 6 nitrogen and oxygen atoms in total. The largest absolute Gasteiger partial charge is 0.325 e. The Hall–Kier alpha value is -3.41. The minimum atomic E-state index is -0.448. The average molecular weight is 640 g/mol. The number of carbonyl (C=O) groups is 3. The fourth-order valence-electron chi connectivity index (χ4n) is 3.20. The molecule has 186 valence electrons. The normalized spacial score (nSPS) is 11.0. The maximum absolute atomic E-state index is 13.1. The summed E-state index contributed by atoms with van der Waals surface area (Å²) in [6.45, 7) is 0. The minimum absolute atomic E-state index is 0.120. The lowest BCUT2D eigenvalue weighted by molar-refractivity contribution is -0.114. The van der Waals surface area contributed by atoms with Crippen LogP contribution in [0, 0.1) is 3.57 Å². The summed E-state index contributed by atoms with van der Waals surface area (Å²) < 4.78 is 1.09. The quantitative estimate of drug-likeness (QED) is 0.111. The topological polar surface area (TPSA) is 87.3 Å². The third-order valence-corrected chi connectivity index (χ3v) is 7.48. The van der Waals surface area contributed by atoms with E-state index in [0.717, 1.165) is 19.0 Å². The molecule has 4 aromatic rings. The van der Waals surface area contributed by atoms with Crippen LogP contribution in [-0.4, -0.2) is 23.5 Å². The first-order valence-corrected chi connectivity index (χ1v) is 14.1. The number of halogens is 1. The SMILES string of the molecule is O=C(CSc1cccc(NC(=O)/C(=C/c2cccs2)NC(=O)c2ccccc2)c1)Nc1ccc(I)cc1. The first-order valence-electron chi connectivity index (χ1n) is 11.2. The van der Waals surface area contributed by atoms with E-state index >= 15 is 0 Å². The molecule has 0 aliphatic carbocycles. The van der Waals surface area contributed by atoms with Crippen LogP contribution in [0.3, 0.4) is 0 Å². The van der Waals surface area contributed by atoms with Gasteiger partial charge in [-0.2, -0.15) is 0 Å². The molecule has 1 heterocycles. The Labute approximate surface area is 236 Å². The van der Waals surface area contributed by atoms with Gasteiger partial charge in [-0.05, 0) is 94.7 Å². The molecular formula is C28H22IN3O3S2. The number of anilines is 2. The zero-order valence-corrected chi connectivity index (χ0v) is 23.2. The van der Waals surface area contributed by atoms with Crippen molar-refractivity contribution in [3.05, 3.63) is 116 Å². The van der Waals surface area contributed by atoms with Gasteiger partial charge in [0, 0.05) is 30.3 Å². The molecule has 0 atom stereocenters. The predicted octanol–water partition coefficient (Wildman–Crippen LogP) is 6.49. The van der Waals surface area contributed by atoms with Crippen LogP contribution < -0.4 is 16.0 Å². The number of amides is 3. The van der Waals surface area contributed by atoms with Crippen LogP contribution in [0.1, 0.15) is 15.2 Å². The van der Waals surface area contributed by atoms with Crippen molar-refractivity contribution in [1.29, 1.82) is 0 Å². The van der Waals surface area contributed by atoms with Crippen molar-refractivity contribution in [1.82, 2.24) is 5.32 Å². The molecule has 0 unspecified atom stereocenters. The molecule has 3 aromatic carbocycles. The maximum atomic E-state index is 13.1. The summed E-state index contributed by atoms with van der Waals surface area (Å²) in [5, 5.41) is 10.4. The molecule has 0 radical (unpaired) electrons. The molecule has 9 heteroatoms. The lowest BCUT2D eigenvalue weighted by Gasteiger charge is -2.12. The van der Waals surface area contributed by atoms with Gasteiger partial charge >= 0.3 is 0 Å². The molecule has 4 rings (SSSR count). The van der Waals surface area contributed by atoms with E-state index in [0.29, 0.717) is 11.3 Å². The van der Waals surface area contributed by atoms with Crippen LogP contribution in [0.4, 0.5) is 11.4 Å². The van der Waals surface area contributed by atoms with Crippen LogP contribution in [0.2, 0.25) is 0 Å². The van der Waals surface area contributed by atoms with Crippen molar-refractivity contribution in [2.75, 3.05) is 16.4 Å². The van der Waals surface area contributed by atoms with E-state index < -0.39 is 5.91 Å². The predicted molar refractivity (Wildman–Crippen MR) is 160 cm³/mol. The minimum Gasteiger partial charge on any atom is -0.325 e. The van der Waals surface area contributed by atoms with Crippen molar-refractivity contribution in [3.63, 3.8) is 0 Å². The zero-order valence-electron chi connectivity index (χ0n) is 19.4. The van der Waals surface area contributed by atoms with E-state index in [-0.39, 0.29) is 23.3 Å². The van der Waals surface area contributed by atoms with Crippen molar-refractivity contribution < 1.29 is 14.4 Å². The van der Waals surface area contributed by atoms with Gasteiger partial charge in [-0.15, -0.1) is 23.1 Å². The highest BCUT2D eigenvalue weighted by atomic mass is 127. The molecule has 0 aliphatic rings. The summed E-state index contributed by atoms with van der Waals surface area (Å²) in [5.74, 6) is -0.719. The molecular weight excluding hydrogens is 617 g/mol. The van der Waals surface area contributed by atoms with Gasteiger partial charge in [0.1, 0.15) is 5.70 Å². The van der Waals surface area contributed by atoms with Crippen LogP contribution in [0.25, 0.3) is 6.08 Å². The fourth-order valence-corrected chi connectivity index (χ4v) is 4.97. The summed E-state index contributed by atoms with van der Waals surface area (Å²) >= 11 is 5.04. The Bertz CT molecular complexity index is 1410. The molecule has 1 aromatic heterocycles. The lowest BCUT2D eigenvalue weighted by atomic mass is 10.2. The summed E-state index contributed by atoms with van der Waals surface area (Å²) in [7, 11) is 0. The number of rotatable bonds is 9. The first-order chi connectivity index (χ1) is 18.0. The molecule has 0 fully saturated rings. The van der Waals surface area contributed by atoms with Crippen LogP contribution >= 0.6 is 45.7 Å². The third-order valence-electron chi connectivity index (χ3n) is 4.95. The number of benzene rings is 3. The zero-order chi connectivity index (χ0) is 26.0. The van der Waals surface area contributed by atoms with E-state index in [1.54, 1.807) is 48.5 Å². The Morgan fingerprint density at radius 3 is 2.35 bits per heavy atom. The van der Waals surface area contributed by atoms with E-state index in [1.165, 1.54) is 23.1 Å². The van der Waals surface area contributed by atoms with E-state index in [9.17, 15) is 14.4 Å². The molecule has 3 N–H and O–H groups in total. The summed E-state index contributed by atoms with van der Waals surface area (Å²) in [5.41, 5.74) is 1.88. The van der Waals surface area contributed by atoms with E-state index in [4.69, 9.17) is 0 Å². The van der Waals surface area contributed by atoms with Gasteiger partial charge in [0.2, 0.25) is 5.91 Å².